The molecule has 0 fully saturated rings. The number of amides is 1. The molecule has 0 radical (unpaired) electrons. The zero-order valence-corrected chi connectivity index (χ0v) is 13.5. The topological polar surface area (TPSA) is 41.1 Å². The SMILES string of the molecule is Cc1ccc2c(c1)C(Nc1ccc(C(C)(C)C)cc1)C(=O)N2. The van der Waals surface area contributed by atoms with Gasteiger partial charge in [-0.15, -0.1) is 0 Å². The van der Waals surface area contributed by atoms with E-state index in [0.717, 1.165) is 22.5 Å². The van der Waals surface area contributed by atoms with Crippen LogP contribution in [0.5, 0.6) is 0 Å². The van der Waals surface area contributed by atoms with Crippen molar-refractivity contribution in [2.45, 2.75) is 39.2 Å². The van der Waals surface area contributed by atoms with Crippen molar-refractivity contribution < 1.29 is 4.79 Å². The van der Waals surface area contributed by atoms with Gasteiger partial charge in [-0.05, 0) is 36.1 Å². The third-order valence-electron chi connectivity index (χ3n) is 4.10. The summed E-state index contributed by atoms with van der Waals surface area (Å²) in [5, 5.41) is 6.27. The molecule has 2 aromatic carbocycles. The molecule has 0 saturated heterocycles. The number of hydrogen-bond donors (Lipinski definition) is 2. The molecule has 0 aromatic heterocycles. The smallest absolute Gasteiger partial charge is 0.251 e. The summed E-state index contributed by atoms with van der Waals surface area (Å²) in [5.74, 6) is 0.000461. The minimum atomic E-state index is -0.324. The zero-order chi connectivity index (χ0) is 15.9. The van der Waals surface area contributed by atoms with Gasteiger partial charge in [0.1, 0.15) is 6.04 Å². The first-order valence-electron chi connectivity index (χ1n) is 7.63. The van der Waals surface area contributed by atoms with Gasteiger partial charge in [0.15, 0.2) is 0 Å². The molecule has 0 saturated carbocycles. The average Bonchev–Trinajstić information content (AvgIpc) is 2.75. The van der Waals surface area contributed by atoms with Gasteiger partial charge in [0.25, 0.3) is 5.91 Å². The predicted molar refractivity (Wildman–Crippen MR) is 91.3 cm³/mol. The average molecular weight is 294 g/mol. The van der Waals surface area contributed by atoms with Gasteiger partial charge in [-0.1, -0.05) is 50.6 Å². The van der Waals surface area contributed by atoms with E-state index in [4.69, 9.17) is 0 Å². The summed E-state index contributed by atoms with van der Waals surface area (Å²) in [6, 6.07) is 14.0. The number of anilines is 2. The monoisotopic (exact) mass is 294 g/mol. The Labute approximate surface area is 131 Å². The maximum atomic E-state index is 12.2. The van der Waals surface area contributed by atoms with Crippen LogP contribution < -0.4 is 10.6 Å². The molecular weight excluding hydrogens is 272 g/mol. The van der Waals surface area contributed by atoms with Crippen LogP contribution in [0.3, 0.4) is 0 Å². The standard InChI is InChI=1S/C19H22N2O/c1-12-5-10-16-15(11-12)17(18(22)21-16)20-14-8-6-13(7-9-14)19(2,3)4/h5-11,17,20H,1-4H3,(H,21,22). The lowest BCUT2D eigenvalue weighted by Gasteiger charge is -2.20. The molecule has 1 atom stereocenters. The van der Waals surface area contributed by atoms with E-state index < -0.39 is 0 Å². The number of carbonyl (C=O) groups excluding carboxylic acids is 1. The molecule has 1 aliphatic rings. The lowest BCUT2D eigenvalue weighted by molar-refractivity contribution is -0.116. The van der Waals surface area contributed by atoms with E-state index in [0.29, 0.717) is 0 Å². The second-order valence-electron chi connectivity index (χ2n) is 6.98. The Morgan fingerprint density at radius 2 is 1.73 bits per heavy atom. The summed E-state index contributed by atoms with van der Waals surface area (Å²) < 4.78 is 0. The highest BCUT2D eigenvalue weighted by Crippen LogP contribution is 2.34. The molecule has 0 aliphatic carbocycles. The van der Waals surface area contributed by atoms with Crippen LogP contribution in [0.25, 0.3) is 0 Å². The van der Waals surface area contributed by atoms with E-state index in [-0.39, 0.29) is 17.4 Å². The predicted octanol–water partition coefficient (Wildman–Crippen LogP) is 4.40. The van der Waals surface area contributed by atoms with Crippen molar-refractivity contribution >= 4 is 17.3 Å². The second-order valence-corrected chi connectivity index (χ2v) is 6.98. The summed E-state index contributed by atoms with van der Waals surface area (Å²) in [6.07, 6.45) is 0. The molecule has 114 valence electrons. The van der Waals surface area contributed by atoms with Crippen molar-refractivity contribution in [1.82, 2.24) is 0 Å². The fraction of sp³-hybridized carbons (Fsp3) is 0.316. The maximum Gasteiger partial charge on any atom is 0.251 e. The number of rotatable bonds is 2. The van der Waals surface area contributed by atoms with Crippen LogP contribution >= 0.6 is 0 Å². The molecule has 2 N–H and O–H groups in total. The Kier molecular flexibility index (Phi) is 3.44. The Hall–Kier alpha value is -2.29. The molecule has 22 heavy (non-hydrogen) atoms. The van der Waals surface area contributed by atoms with Gasteiger partial charge in [0.05, 0.1) is 0 Å². The lowest BCUT2D eigenvalue weighted by atomic mass is 9.87. The van der Waals surface area contributed by atoms with E-state index >= 15 is 0 Å². The van der Waals surface area contributed by atoms with Crippen LogP contribution in [-0.4, -0.2) is 5.91 Å². The van der Waals surface area contributed by atoms with Crippen molar-refractivity contribution in [3.05, 3.63) is 59.2 Å². The highest BCUT2D eigenvalue weighted by Gasteiger charge is 2.30. The number of hydrogen-bond acceptors (Lipinski definition) is 2. The largest absolute Gasteiger partial charge is 0.370 e. The number of benzene rings is 2. The van der Waals surface area contributed by atoms with E-state index in [9.17, 15) is 4.79 Å². The van der Waals surface area contributed by atoms with Crippen molar-refractivity contribution in [1.29, 1.82) is 0 Å². The van der Waals surface area contributed by atoms with Gasteiger partial charge >= 0.3 is 0 Å². The zero-order valence-electron chi connectivity index (χ0n) is 13.5. The van der Waals surface area contributed by atoms with Gasteiger partial charge in [-0.3, -0.25) is 4.79 Å². The fourth-order valence-corrected chi connectivity index (χ4v) is 2.76. The van der Waals surface area contributed by atoms with Gasteiger partial charge in [0, 0.05) is 16.9 Å². The molecule has 2 aromatic rings. The summed E-state index contributed by atoms with van der Waals surface area (Å²) >= 11 is 0. The third kappa shape index (κ3) is 2.71. The molecule has 0 spiro atoms. The summed E-state index contributed by atoms with van der Waals surface area (Å²) in [5.41, 5.74) is 5.45. The summed E-state index contributed by atoms with van der Waals surface area (Å²) in [6.45, 7) is 8.62. The minimum absolute atomic E-state index is 0.000461. The minimum Gasteiger partial charge on any atom is -0.370 e. The number of fused-ring (bicyclic) bond motifs is 1. The molecule has 3 heteroatoms. The van der Waals surface area contributed by atoms with Gasteiger partial charge in [0.2, 0.25) is 0 Å². The summed E-state index contributed by atoms with van der Waals surface area (Å²) in [7, 11) is 0. The van der Waals surface area contributed by atoms with Crippen LogP contribution in [0.1, 0.15) is 43.5 Å². The van der Waals surface area contributed by atoms with Gasteiger partial charge in [-0.25, -0.2) is 0 Å². The van der Waals surface area contributed by atoms with Crippen LogP contribution in [-0.2, 0) is 10.2 Å². The van der Waals surface area contributed by atoms with E-state index in [1.165, 1.54) is 5.56 Å². The first-order chi connectivity index (χ1) is 10.3. The van der Waals surface area contributed by atoms with E-state index in [2.05, 4.69) is 49.6 Å². The van der Waals surface area contributed by atoms with Crippen molar-refractivity contribution in [3.8, 4) is 0 Å². The Morgan fingerprint density at radius 1 is 1.05 bits per heavy atom. The van der Waals surface area contributed by atoms with Gasteiger partial charge < -0.3 is 10.6 Å². The highest BCUT2D eigenvalue weighted by atomic mass is 16.2. The van der Waals surface area contributed by atoms with Crippen LogP contribution in [0.15, 0.2) is 42.5 Å². The molecular formula is C19H22N2O. The molecule has 1 amide bonds. The number of aryl methyl sites for hydroxylation is 1. The molecule has 1 heterocycles. The van der Waals surface area contributed by atoms with Crippen molar-refractivity contribution in [3.63, 3.8) is 0 Å². The van der Waals surface area contributed by atoms with E-state index in [1.54, 1.807) is 0 Å². The number of carbonyl (C=O) groups is 1. The van der Waals surface area contributed by atoms with Crippen LogP contribution in [0.4, 0.5) is 11.4 Å². The molecule has 1 aliphatic heterocycles. The highest BCUT2D eigenvalue weighted by molar-refractivity contribution is 6.04. The fourth-order valence-electron chi connectivity index (χ4n) is 2.76. The Balaban J connectivity index is 1.85. The Morgan fingerprint density at radius 3 is 2.36 bits per heavy atom. The van der Waals surface area contributed by atoms with Crippen LogP contribution in [0.2, 0.25) is 0 Å². The second kappa shape index (κ2) is 5.16. The lowest BCUT2D eigenvalue weighted by Crippen LogP contribution is -2.20. The van der Waals surface area contributed by atoms with Gasteiger partial charge in [-0.2, -0.15) is 0 Å². The molecule has 1 unspecified atom stereocenters. The Bertz CT molecular complexity index is 711. The summed E-state index contributed by atoms with van der Waals surface area (Å²) in [4.78, 5) is 12.2. The van der Waals surface area contributed by atoms with Crippen molar-refractivity contribution in [2.24, 2.45) is 0 Å². The molecule has 3 rings (SSSR count). The van der Waals surface area contributed by atoms with Crippen molar-refractivity contribution in [2.75, 3.05) is 10.6 Å². The molecule has 3 nitrogen and oxygen atoms in total. The third-order valence-corrected chi connectivity index (χ3v) is 4.10. The normalized spacial score (nSPS) is 17.1. The maximum absolute atomic E-state index is 12.2. The number of nitrogens with one attached hydrogen (secondary N) is 2. The first kappa shape index (κ1) is 14.6. The van der Waals surface area contributed by atoms with E-state index in [1.807, 2.05) is 31.2 Å². The molecule has 0 bridgehead atoms. The quantitative estimate of drug-likeness (QED) is 0.862. The first-order valence-corrected chi connectivity index (χ1v) is 7.63. The van der Waals surface area contributed by atoms with Crippen LogP contribution in [0, 0.1) is 6.92 Å².